The van der Waals surface area contributed by atoms with Crippen molar-refractivity contribution in [3.05, 3.63) is 15.6 Å². The molecule has 0 saturated heterocycles. The van der Waals surface area contributed by atoms with Crippen LogP contribution in [0.25, 0.3) is 0 Å². The SMILES string of the molecule is CCCCCc1nc(C)sc1C(=O)OCC. The number of carbonyl (C=O) groups is 1. The first-order chi connectivity index (χ1) is 7.69. The molecule has 0 aliphatic rings. The minimum Gasteiger partial charge on any atom is -0.462 e. The first-order valence-electron chi connectivity index (χ1n) is 5.82. The average Bonchev–Trinajstić information content (AvgIpc) is 2.61. The van der Waals surface area contributed by atoms with Crippen LogP contribution in [0.1, 0.15) is 53.5 Å². The largest absolute Gasteiger partial charge is 0.462 e. The Bertz CT molecular complexity index is 347. The van der Waals surface area contributed by atoms with Crippen molar-refractivity contribution < 1.29 is 9.53 Å². The highest BCUT2D eigenvalue weighted by Gasteiger charge is 2.17. The molecule has 0 N–H and O–H groups in total. The van der Waals surface area contributed by atoms with E-state index in [1.54, 1.807) is 0 Å². The molecular weight excluding hydrogens is 222 g/mol. The van der Waals surface area contributed by atoms with Crippen molar-refractivity contribution in [3.8, 4) is 0 Å². The number of hydrogen-bond donors (Lipinski definition) is 0. The lowest BCUT2D eigenvalue weighted by atomic mass is 10.1. The first-order valence-corrected chi connectivity index (χ1v) is 6.64. The highest BCUT2D eigenvalue weighted by Crippen LogP contribution is 2.21. The lowest BCUT2D eigenvalue weighted by Crippen LogP contribution is -2.05. The molecule has 0 aliphatic carbocycles. The number of aromatic nitrogens is 1. The number of rotatable bonds is 6. The summed E-state index contributed by atoms with van der Waals surface area (Å²) in [6.45, 7) is 6.34. The number of carbonyl (C=O) groups excluding carboxylic acids is 1. The third-order valence-electron chi connectivity index (χ3n) is 2.28. The zero-order valence-electron chi connectivity index (χ0n) is 10.2. The van der Waals surface area contributed by atoms with Gasteiger partial charge in [-0.25, -0.2) is 9.78 Å². The Kier molecular flexibility index (Phi) is 5.46. The molecule has 0 radical (unpaired) electrons. The van der Waals surface area contributed by atoms with E-state index >= 15 is 0 Å². The predicted molar refractivity (Wildman–Crippen MR) is 66.0 cm³/mol. The molecule has 1 aromatic heterocycles. The van der Waals surface area contributed by atoms with Gasteiger partial charge in [0.1, 0.15) is 4.88 Å². The summed E-state index contributed by atoms with van der Waals surface area (Å²) >= 11 is 1.43. The molecule has 0 fully saturated rings. The van der Waals surface area contributed by atoms with E-state index in [1.807, 2.05) is 13.8 Å². The van der Waals surface area contributed by atoms with Crippen LogP contribution in [0, 0.1) is 6.92 Å². The third kappa shape index (κ3) is 3.59. The van der Waals surface area contributed by atoms with Gasteiger partial charge in [-0.1, -0.05) is 19.8 Å². The Morgan fingerprint density at radius 2 is 2.12 bits per heavy atom. The van der Waals surface area contributed by atoms with Gasteiger partial charge < -0.3 is 4.74 Å². The van der Waals surface area contributed by atoms with Crippen LogP contribution in [0.4, 0.5) is 0 Å². The summed E-state index contributed by atoms with van der Waals surface area (Å²) < 4.78 is 5.02. The van der Waals surface area contributed by atoms with Crippen molar-refractivity contribution in [2.24, 2.45) is 0 Å². The summed E-state index contributed by atoms with van der Waals surface area (Å²) in [5, 5.41) is 0.939. The topological polar surface area (TPSA) is 39.2 Å². The van der Waals surface area contributed by atoms with Gasteiger partial charge in [0.25, 0.3) is 0 Å². The van der Waals surface area contributed by atoms with E-state index in [4.69, 9.17) is 4.74 Å². The Morgan fingerprint density at radius 1 is 1.38 bits per heavy atom. The summed E-state index contributed by atoms with van der Waals surface area (Å²) in [6, 6.07) is 0. The maximum atomic E-state index is 11.7. The minimum absolute atomic E-state index is 0.223. The van der Waals surface area contributed by atoms with Crippen molar-refractivity contribution >= 4 is 17.3 Å². The fraction of sp³-hybridized carbons (Fsp3) is 0.667. The van der Waals surface area contributed by atoms with Crippen LogP contribution in [0.5, 0.6) is 0 Å². The Morgan fingerprint density at radius 3 is 2.75 bits per heavy atom. The normalized spacial score (nSPS) is 10.4. The molecule has 1 aromatic rings. The summed E-state index contributed by atoms with van der Waals surface area (Å²) in [7, 11) is 0. The van der Waals surface area contributed by atoms with Crippen LogP contribution in [0.3, 0.4) is 0 Å². The number of thiazole rings is 1. The van der Waals surface area contributed by atoms with E-state index in [1.165, 1.54) is 24.2 Å². The second kappa shape index (κ2) is 6.63. The Hall–Kier alpha value is -0.900. The molecule has 4 heteroatoms. The molecule has 1 heterocycles. The molecule has 90 valence electrons. The van der Waals surface area contributed by atoms with Gasteiger partial charge >= 0.3 is 5.97 Å². The monoisotopic (exact) mass is 241 g/mol. The molecule has 0 unspecified atom stereocenters. The molecule has 0 saturated carbocycles. The van der Waals surface area contributed by atoms with E-state index in [9.17, 15) is 4.79 Å². The number of ether oxygens (including phenoxy) is 1. The fourth-order valence-corrected chi connectivity index (χ4v) is 2.40. The highest BCUT2D eigenvalue weighted by molar-refractivity contribution is 7.13. The van der Waals surface area contributed by atoms with Crippen molar-refractivity contribution in [2.45, 2.75) is 46.5 Å². The van der Waals surface area contributed by atoms with Crippen molar-refractivity contribution in [1.29, 1.82) is 0 Å². The summed E-state index contributed by atoms with van der Waals surface area (Å²) in [6.07, 6.45) is 4.33. The number of aryl methyl sites for hydroxylation is 2. The van der Waals surface area contributed by atoms with Gasteiger partial charge in [-0.05, 0) is 26.7 Å². The smallest absolute Gasteiger partial charge is 0.350 e. The maximum absolute atomic E-state index is 11.7. The van der Waals surface area contributed by atoms with Crippen molar-refractivity contribution in [1.82, 2.24) is 4.98 Å². The summed E-state index contributed by atoms with van der Waals surface area (Å²) in [5.41, 5.74) is 0.911. The second-order valence-corrected chi connectivity index (χ2v) is 4.89. The van der Waals surface area contributed by atoms with Crippen LogP contribution in [-0.4, -0.2) is 17.6 Å². The van der Waals surface area contributed by atoms with Gasteiger partial charge in [0, 0.05) is 0 Å². The number of esters is 1. The maximum Gasteiger partial charge on any atom is 0.350 e. The molecule has 0 aromatic carbocycles. The number of unbranched alkanes of at least 4 members (excludes halogenated alkanes) is 2. The molecule has 0 amide bonds. The molecule has 0 aliphatic heterocycles. The lowest BCUT2D eigenvalue weighted by molar-refractivity contribution is 0.0530. The van der Waals surface area contributed by atoms with E-state index in [2.05, 4.69) is 11.9 Å². The van der Waals surface area contributed by atoms with Gasteiger partial charge in [-0.3, -0.25) is 0 Å². The van der Waals surface area contributed by atoms with Crippen LogP contribution in [0.15, 0.2) is 0 Å². The second-order valence-electron chi connectivity index (χ2n) is 3.69. The van der Waals surface area contributed by atoms with E-state index in [0.717, 1.165) is 23.5 Å². The quantitative estimate of drug-likeness (QED) is 0.566. The van der Waals surface area contributed by atoms with Crippen molar-refractivity contribution in [3.63, 3.8) is 0 Å². The molecule has 0 atom stereocenters. The zero-order chi connectivity index (χ0) is 12.0. The Balaban J connectivity index is 2.70. The predicted octanol–water partition coefficient (Wildman–Crippen LogP) is 3.36. The van der Waals surface area contributed by atoms with E-state index < -0.39 is 0 Å². The molecule has 0 spiro atoms. The standard InChI is InChI=1S/C12H19NO2S/c1-4-6-7-8-10-11(12(14)15-5-2)16-9(3)13-10/h4-8H2,1-3H3. The number of hydrogen-bond acceptors (Lipinski definition) is 4. The summed E-state index contributed by atoms with van der Waals surface area (Å²) in [4.78, 5) is 16.8. The van der Waals surface area contributed by atoms with E-state index in [-0.39, 0.29) is 5.97 Å². The van der Waals surface area contributed by atoms with Gasteiger partial charge in [0.15, 0.2) is 0 Å². The van der Waals surface area contributed by atoms with Crippen LogP contribution in [0.2, 0.25) is 0 Å². The molecule has 0 bridgehead atoms. The molecular formula is C12H19NO2S. The zero-order valence-corrected chi connectivity index (χ0v) is 11.0. The van der Waals surface area contributed by atoms with Crippen LogP contribution >= 0.6 is 11.3 Å². The average molecular weight is 241 g/mol. The first kappa shape index (κ1) is 13.2. The lowest BCUT2D eigenvalue weighted by Gasteiger charge is -2.01. The van der Waals surface area contributed by atoms with Gasteiger partial charge in [0.05, 0.1) is 17.3 Å². The van der Waals surface area contributed by atoms with E-state index in [0.29, 0.717) is 11.5 Å². The Labute approximate surface area is 101 Å². The third-order valence-corrected chi connectivity index (χ3v) is 3.28. The van der Waals surface area contributed by atoms with Crippen LogP contribution < -0.4 is 0 Å². The minimum atomic E-state index is -0.223. The van der Waals surface area contributed by atoms with Gasteiger partial charge in [-0.2, -0.15) is 0 Å². The molecule has 1 rings (SSSR count). The molecule has 16 heavy (non-hydrogen) atoms. The van der Waals surface area contributed by atoms with Crippen LogP contribution in [-0.2, 0) is 11.2 Å². The highest BCUT2D eigenvalue weighted by atomic mass is 32.1. The van der Waals surface area contributed by atoms with Crippen molar-refractivity contribution in [2.75, 3.05) is 6.61 Å². The molecule has 3 nitrogen and oxygen atoms in total. The number of nitrogens with zero attached hydrogens (tertiary/aromatic N) is 1. The van der Waals surface area contributed by atoms with Gasteiger partial charge in [-0.15, -0.1) is 11.3 Å². The summed E-state index contributed by atoms with van der Waals surface area (Å²) in [5.74, 6) is -0.223. The van der Waals surface area contributed by atoms with Gasteiger partial charge in [0.2, 0.25) is 0 Å². The fourth-order valence-electron chi connectivity index (χ4n) is 1.54.